The van der Waals surface area contributed by atoms with Gasteiger partial charge in [-0.05, 0) is 54.7 Å². The topological polar surface area (TPSA) is 86.4 Å². The third kappa shape index (κ3) is 5.80. The first-order valence-electron chi connectivity index (χ1n) is 9.58. The van der Waals surface area contributed by atoms with E-state index in [-0.39, 0.29) is 12.0 Å². The molecule has 0 spiro atoms. The van der Waals surface area contributed by atoms with Crippen LogP contribution in [0.5, 0.6) is 0 Å². The van der Waals surface area contributed by atoms with Crippen molar-refractivity contribution in [2.45, 2.75) is 77.7 Å². The Morgan fingerprint density at radius 1 is 1.26 bits per heavy atom. The van der Waals surface area contributed by atoms with Crippen molar-refractivity contribution in [2.24, 2.45) is 10.7 Å². The molecule has 2 heterocycles. The summed E-state index contributed by atoms with van der Waals surface area (Å²) in [5.74, 6) is -0.163. The normalized spacial score (nSPS) is 23.7. The zero-order chi connectivity index (χ0) is 20.5. The summed E-state index contributed by atoms with van der Waals surface area (Å²) in [6.07, 6.45) is 3.64. The molecule has 0 saturated carbocycles. The summed E-state index contributed by atoms with van der Waals surface area (Å²) in [5.41, 5.74) is 5.23. The minimum atomic E-state index is -0.507. The van der Waals surface area contributed by atoms with Gasteiger partial charge in [0.1, 0.15) is 5.60 Å². The lowest BCUT2D eigenvalue weighted by Crippen LogP contribution is -2.50. The van der Waals surface area contributed by atoms with Gasteiger partial charge in [-0.2, -0.15) is 0 Å². The Kier molecular flexibility index (Phi) is 6.44. The highest BCUT2D eigenvalue weighted by molar-refractivity contribution is 6.60. The monoisotopic (exact) mass is 379 g/mol. The number of carbonyl (C=O) groups is 1. The van der Waals surface area contributed by atoms with E-state index in [4.69, 9.17) is 19.8 Å². The number of hydrogen-bond acceptors (Lipinski definition) is 7. The summed E-state index contributed by atoms with van der Waals surface area (Å²) in [4.78, 5) is 18.5. The summed E-state index contributed by atoms with van der Waals surface area (Å²) in [7, 11) is -0.507. The van der Waals surface area contributed by atoms with Gasteiger partial charge in [-0.15, -0.1) is 0 Å². The van der Waals surface area contributed by atoms with Gasteiger partial charge in [0.25, 0.3) is 0 Å². The van der Waals surface area contributed by atoms with Gasteiger partial charge in [0, 0.05) is 31.3 Å². The van der Waals surface area contributed by atoms with Crippen LogP contribution in [0.15, 0.2) is 16.7 Å². The van der Waals surface area contributed by atoms with E-state index in [0.29, 0.717) is 13.0 Å². The van der Waals surface area contributed by atoms with Gasteiger partial charge < -0.3 is 19.8 Å². The van der Waals surface area contributed by atoms with E-state index in [1.807, 2.05) is 48.5 Å². The SMILES string of the molecule is CC(C)(C)OC(=O)CCN1CC(N=C/C(=C\N)B2OC(C)(C)C(C)(C)O2)C1. The van der Waals surface area contributed by atoms with Crippen LogP contribution in [0, 0.1) is 0 Å². The van der Waals surface area contributed by atoms with Crippen molar-refractivity contribution < 1.29 is 18.8 Å². The molecule has 0 amide bonds. The van der Waals surface area contributed by atoms with E-state index in [2.05, 4.69) is 9.89 Å². The lowest BCUT2D eigenvalue weighted by Gasteiger charge is -2.36. The van der Waals surface area contributed by atoms with Crippen LogP contribution in [0.3, 0.4) is 0 Å². The van der Waals surface area contributed by atoms with Gasteiger partial charge in [-0.1, -0.05) is 0 Å². The van der Waals surface area contributed by atoms with E-state index < -0.39 is 23.9 Å². The van der Waals surface area contributed by atoms with E-state index >= 15 is 0 Å². The Bertz CT molecular complexity index is 589. The molecule has 2 aliphatic heterocycles. The molecule has 2 fully saturated rings. The van der Waals surface area contributed by atoms with Crippen LogP contribution in [0.4, 0.5) is 0 Å². The predicted octanol–water partition coefficient (Wildman–Crippen LogP) is 1.95. The number of ether oxygens (including phenoxy) is 1. The molecule has 0 aliphatic carbocycles. The maximum atomic E-state index is 11.8. The van der Waals surface area contributed by atoms with Crippen LogP contribution in [0.1, 0.15) is 54.9 Å². The molecule has 0 aromatic carbocycles. The molecule has 0 aromatic heterocycles. The van der Waals surface area contributed by atoms with Gasteiger partial charge in [0.15, 0.2) is 0 Å². The molecule has 7 nitrogen and oxygen atoms in total. The minimum absolute atomic E-state index is 0.163. The quantitative estimate of drug-likeness (QED) is 0.431. The van der Waals surface area contributed by atoms with Crippen molar-refractivity contribution in [2.75, 3.05) is 19.6 Å². The second kappa shape index (κ2) is 7.93. The van der Waals surface area contributed by atoms with Crippen molar-refractivity contribution >= 4 is 19.3 Å². The molecule has 0 bridgehead atoms. The molecule has 27 heavy (non-hydrogen) atoms. The molecular weight excluding hydrogens is 345 g/mol. The van der Waals surface area contributed by atoms with Crippen LogP contribution in [-0.2, 0) is 18.8 Å². The van der Waals surface area contributed by atoms with Gasteiger partial charge in [0.05, 0.1) is 23.7 Å². The molecule has 0 unspecified atom stereocenters. The lowest BCUT2D eigenvalue weighted by molar-refractivity contribution is -0.155. The molecule has 0 atom stereocenters. The number of nitrogens with two attached hydrogens (primary N) is 1. The molecule has 2 rings (SSSR count). The van der Waals surface area contributed by atoms with Crippen molar-refractivity contribution in [3.63, 3.8) is 0 Å². The average Bonchev–Trinajstić information content (AvgIpc) is 2.66. The molecule has 2 saturated heterocycles. The van der Waals surface area contributed by atoms with E-state index in [1.165, 1.54) is 6.20 Å². The first-order chi connectivity index (χ1) is 12.3. The first kappa shape index (κ1) is 21.9. The van der Waals surface area contributed by atoms with Crippen molar-refractivity contribution in [1.82, 2.24) is 4.90 Å². The Hall–Kier alpha value is -1.38. The number of hydrogen-bond donors (Lipinski definition) is 1. The van der Waals surface area contributed by atoms with Gasteiger partial charge in [-0.25, -0.2) is 0 Å². The van der Waals surface area contributed by atoms with Crippen LogP contribution in [0.25, 0.3) is 0 Å². The third-order valence-electron chi connectivity index (χ3n) is 5.14. The predicted molar refractivity (Wildman–Crippen MR) is 108 cm³/mol. The standard InChI is InChI=1S/C19H34BN3O4/c1-17(2,3)25-16(24)8-9-23-12-15(13-23)22-11-14(10-21)20-26-18(4,5)19(6,7)27-20/h10-11,15H,8-9,12-13,21H2,1-7H3/b14-10+,22-11?. The van der Waals surface area contributed by atoms with Crippen LogP contribution in [-0.4, -0.2) is 66.7 Å². The minimum Gasteiger partial charge on any atom is -0.460 e. The highest BCUT2D eigenvalue weighted by atomic mass is 16.7. The van der Waals surface area contributed by atoms with Crippen LogP contribution in [0.2, 0.25) is 0 Å². The lowest BCUT2D eigenvalue weighted by atomic mass is 9.79. The fourth-order valence-electron chi connectivity index (χ4n) is 2.81. The molecule has 2 N–H and O–H groups in total. The average molecular weight is 379 g/mol. The Balaban J connectivity index is 1.76. The second-order valence-corrected chi connectivity index (χ2v) is 9.28. The molecule has 2 aliphatic rings. The van der Waals surface area contributed by atoms with Gasteiger partial charge in [-0.3, -0.25) is 14.7 Å². The zero-order valence-corrected chi connectivity index (χ0v) is 17.7. The van der Waals surface area contributed by atoms with Crippen LogP contribution >= 0.6 is 0 Å². The second-order valence-electron chi connectivity index (χ2n) is 9.28. The zero-order valence-electron chi connectivity index (χ0n) is 17.7. The number of rotatable bonds is 6. The molecule has 0 radical (unpaired) electrons. The third-order valence-corrected chi connectivity index (χ3v) is 5.14. The van der Waals surface area contributed by atoms with Crippen LogP contribution < -0.4 is 5.73 Å². The summed E-state index contributed by atoms with van der Waals surface area (Å²) >= 11 is 0. The summed E-state index contributed by atoms with van der Waals surface area (Å²) in [6, 6.07) is 0.195. The molecule has 0 aromatic rings. The van der Waals surface area contributed by atoms with Gasteiger partial charge in [0.2, 0.25) is 0 Å². The number of esters is 1. The van der Waals surface area contributed by atoms with Crippen molar-refractivity contribution in [3.8, 4) is 0 Å². The Morgan fingerprint density at radius 2 is 1.81 bits per heavy atom. The summed E-state index contributed by atoms with van der Waals surface area (Å²) < 4.78 is 17.3. The molecular formula is C19H34BN3O4. The van der Waals surface area contributed by atoms with E-state index in [1.54, 1.807) is 6.21 Å². The largest absolute Gasteiger partial charge is 0.497 e. The maximum Gasteiger partial charge on any atom is 0.497 e. The molecule has 8 heteroatoms. The number of carbonyl (C=O) groups excluding carboxylic acids is 1. The van der Waals surface area contributed by atoms with Crippen molar-refractivity contribution in [3.05, 3.63) is 11.7 Å². The van der Waals surface area contributed by atoms with Gasteiger partial charge >= 0.3 is 13.1 Å². The first-order valence-corrected chi connectivity index (χ1v) is 9.58. The highest BCUT2D eigenvalue weighted by Crippen LogP contribution is 2.38. The molecule has 152 valence electrons. The maximum absolute atomic E-state index is 11.8. The number of nitrogens with zero attached hydrogens (tertiary/aromatic N) is 2. The summed E-state index contributed by atoms with van der Waals surface area (Å²) in [5, 5.41) is 0. The van der Waals surface area contributed by atoms with Crippen molar-refractivity contribution in [1.29, 1.82) is 0 Å². The Labute approximate surface area is 163 Å². The van der Waals surface area contributed by atoms with E-state index in [9.17, 15) is 4.79 Å². The fraction of sp³-hybridized carbons (Fsp3) is 0.789. The Morgan fingerprint density at radius 3 is 2.30 bits per heavy atom. The smallest absolute Gasteiger partial charge is 0.460 e. The number of aliphatic imine (C=N–C) groups is 1. The summed E-state index contributed by atoms with van der Waals surface area (Å²) in [6.45, 7) is 16.0. The fourth-order valence-corrected chi connectivity index (χ4v) is 2.81. The number of likely N-dealkylation sites (tertiary alicyclic amines) is 1. The highest BCUT2D eigenvalue weighted by Gasteiger charge is 2.52. The number of allylic oxidation sites excluding steroid dienone is 1. The van der Waals surface area contributed by atoms with E-state index in [0.717, 1.165) is 18.6 Å².